The van der Waals surface area contributed by atoms with Crippen LogP contribution in [0.2, 0.25) is 0 Å². The molecule has 2 aliphatic rings. The Bertz CT molecular complexity index is 223. The van der Waals surface area contributed by atoms with Gasteiger partial charge >= 0.3 is 0 Å². The van der Waals surface area contributed by atoms with E-state index in [0.29, 0.717) is 12.1 Å². The van der Waals surface area contributed by atoms with Crippen LogP contribution in [-0.4, -0.2) is 25.8 Å². The van der Waals surface area contributed by atoms with Crippen molar-refractivity contribution in [3.63, 3.8) is 0 Å². The first-order chi connectivity index (χ1) is 8.26. The molecule has 0 amide bonds. The standard InChI is InChI=1S/C15H29NO/c1-4-12-5-7-13(8-6-12)15(16-3)14-9-10-17-11(14)2/h11-16H,4-10H2,1-3H3. The molecule has 0 radical (unpaired) electrons. The van der Waals surface area contributed by atoms with Gasteiger partial charge in [-0.2, -0.15) is 0 Å². The summed E-state index contributed by atoms with van der Waals surface area (Å²) in [5, 5.41) is 3.60. The molecule has 0 bridgehead atoms. The molecular weight excluding hydrogens is 210 g/mol. The maximum absolute atomic E-state index is 5.74. The van der Waals surface area contributed by atoms with Crippen LogP contribution >= 0.6 is 0 Å². The number of hydrogen-bond donors (Lipinski definition) is 1. The largest absolute Gasteiger partial charge is 0.378 e. The highest BCUT2D eigenvalue weighted by Gasteiger charge is 2.36. The molecule has 0 aromatic heterocycles. The van der Waals surface area contributed by atoms with Crippen molar-refractivity contribution >= 4 is 0 Å². The van der Waals surface area contributed by atoms with Gasteiger partial charge in [0.15, 0.2) is 0 Å². The molecule has 1 saturated heterocycles. The second kappa shape index (κ2) is 6.19. The summed E-state index contributed by atoms with van der Waals surface area (Å²) in [6, 6.07) is 0.685. The SMILES string of the molecule is CCC1CCC(C(NC)C2CCOC2C)CC1. The molecule has 0 spiro atoms. The number of rotatable bonds is 4. The van der Waals surface area contributed by atoms with Gasteiger partial charge in [0.1, 0.15) is 0 Å². The molecule has 2 heteroatoms. The minimum atomic E-state index is 0.455. The van der Waals surface area contributed by atoms with E-state index in [1.54, 1.807) is 0 Å². The monoisotopic (exact) mass is 239 g/mol. The highest BCUT2D eigenvalue weighted by Crippen LogP contribution is 2.37. The summed E-state index contributed by atoms with van der Waals surface area (Å²) in [5.74, 6) is 2.63. The van der Waals surface area contributed by atoms with E-state index in [9.17, 15) is 0 Å². The predicted octanol–water partition coefficient (Wildman–Crippen LogP) is 3.22. The molecule has 1 heterocycles. The zero-order chi connectivity index (χ0) is 12.3. The first-order valence-electron chi connectivity index (χ1n) is 7.55. The average Bonchev–Trinajstić information content (AvgIpc) is 2.78. The predicted molar refractivity (Wildman–Crippen MR) is 72.1 cm³/mol. The molecule has 3 atom stereocenters. The summed E-state index contributed by atoms with van der Waals surface area (Å²) >= 11 is 0. The third-order valence-corrected chi connectivity index (χ3v) is 5.21. The molecule has 1 aliphatic carbocycles. The van der Waals surface area contributed by atoms with Crippen LogP contribution in [0.15, 0.2) is 0 Å². The van der Waals surface area contributed by atoms with Crippen LogP contribution < -0.4 is 5.32 Å². The van der Waals surface area contributed by atoms with Crippen molar-refractivity contribution < 1.29 is 4.74 Å². The fourth-order valence-electron chi connectivity index (χ4n) is 3.97. The minimum absolute atomic E-state index is 0.455. The van der Waals surface area contributed by atoms with E-state index >= 15 is 0 Å². The molecule has 1 saturated carbocycles. The highest BCUT2D eigenvalue weighted by molar-refractivity contribution is 4.90. The highest BCUT2D eigenvalue weighted by atomic mass is 16.5. The lowest BCUT2D eigenvalue weighted by atomic mass is 9.73. The van der Waals surface area contributed by atoms with Crippen LogP contribution in [0.25, 0.3) is 0 Å². The molecular formula is C15H29NO. The lowest BCUT2D eigenvalue weighted by molar-refractivity contribution is 0.0800. The summed E-state index contributed by atoms with van der Waals surface area (Å²) in [6.45, 7) is 5.56. The van der Waals surface area contributed by atoms with Crippen molar-refractivity contribution in [2.75, 3.05) is 13.7 Å². The Hall–Kier alpha value is -0.0800. The third-order valence-electron chi connectivity index (χ3n) is 5.21. The van der Waals surface area contributed by atoms with Gasteiger partial charge in [0.05, 0.1) is 6.10 Å². The van der Waals surface area contributed by atoms with Crippen LogP contribution in [0, 0.1) is 17.8 Å². The van der Waals surface area contributed by atoms with Gasteiger partial charge in [0.2, 0.25) is 0 Å². The Labute approximate surface area is 107 Å². The number of ether oxygens (including phenoxy) is 1. The molecule has 1 N–H and O–H groups in total. The Morgan fingerprint density at radius 1 is 1.18 bits per heavy atom. The molecule has 0 aromatic carbocycles. The van der Waals surface area contributed by atoms with E-state index in [4.69, 9.17) is 4.74 Å². The fraction of sp³-hybridized carbons (Fsp3) is 1.00. The Balaban J connectivity index is 1.90. The normalized spacial score (nSPS) is 40.4. The van der Waals surface area contributed by atoms with E-state index in [2.05, 4.69) is 26.2 Å². The zero-order valence-corrected chi connectivity index (χ0v) is 11.7. The third kappa shape index (κ3) is 3.03. The van der Waals surface area contributed by atoms with Crippen molar-refractivity contribution in [1.82, 2.24) is 5.32 Å². The van der Waals surface area contributed by atoms with E-state index in [0.717, 1.165) is 24.4 Å². The molecule has 3 unspecified atom stereocenters. The van der Waals surface area contributed by atoms with Crippen molar-refractivity contribution in [3.05, 3.63) is 0 Å². The zero-order valence-electron chi connectivity index (χ0n) is 11.7. The van der Waals surface area contributed by atoms with Gasteiger partial charge in [-0.1, -0.05) is 26.2 Å². The first kappa shape index (κ1) is 13.4. The fourth-order valence-corrected chi connectivity index (χ4v) is 3.97. The lowest BCUT2D eigenvalue weighted by Crippen LogP contribution is -2.44. The van der Waals surface area contributed by atoms with Crippen LogP contribution in [0.5, 0.6) is 0 Å². The van der Waals surface area contributed by atoms with Gasteiger partial charge in [0, 0.05) is 18.6 Å². The quantitative estimate of drug-likeness (QED) is 0.813. The van der Waals surface area contributed by atoms with Crippen LogP contribution in [0.1, 0.15) is 52.4 Å². The molecule has 100 valence electrons. The van der Waals surface area contributed by atoms with Crippen LogP contribution in [-0.2, 0) is 4.74 Å². The smallest absolute Gasteiger partial charge is 0.0590 e. The number of hydrogen-bond acceptors (Lipinski definition) is 2. The molecule has 1 aliphatic heterocycles. The van der Waals surface area contributed by atoms with E-state index in [1.165, 1.54) is 38.5 Å². The maximum Gasteiger partial charge on any atom is 0.0590 e. The van der Waals surface area contributed by atoms with Gasteiger partial charge in [-0.05, 0) is 45.1 Å². The van der Waals surface area contributed by atoms with Crippen LogP contribution in [0.3, 0.4) is 0 Å². The van der Waals surface area contributed by atoms with Crippen molar-refractivity contribution in [2.24, 2.45) is 17.8 Å². The Morgan fingerprint density at radius 3 is 2.35 bits per heavy atom. The molecule has 2 fully saturated rings. The molecule has 2 nitrogen and oxygen atoms in total. The van der Waals surface area contributed by atoms with Crippen LogP contribution in [0.4, 0.5) is 0 Å². The van der Waals surface area contributed by atoms with Crippen molar-refractivity contribution in [3.8, 4) is 0 Å². The van der Waals surface area contributed by atoms with Gasteiger partial charge in [-0.3, -0.25) is 0 Å². The summed E-state index contributed by atoms with van der Waals surface area (Å²) in [6.07, 6.45) is 8.82. The molecule has 0 aromatic rings. The van der Waals surface area contributed by atoms with Crippen molar-refractivity contribution in [1.29, 1.82) is 0 Å². The second-order valence-electron chi connectivity index (χ2n) is 6.03. The van der Waals surface area contributed by atoms with Gasteiger partial charge in [-0.15, -0.1) is 0 Å². The summed E-state index contributed by atoms with van der Waals surface area (Å²) < 4.78 is 5.74. The topological polar surface area (TPSA) is 21.3 Å². The summed E-state index contributed by atoms with van der Waals surface area (Å²) in [7, 11) is 2.14. The lowest BCUT2D eigenvalue weighted by Gasteiger charge is -2.37. The van der Waals surface area contributed by atoms with Crippen molar-refractivity contribution in [2.45, 2.75) is 64.5 Å². The summed E-state index contributed by atoms with van der Waals surface area (Å²) in [5.41, 5.74) is 0. The Kier molecular flexibility index (Phi) is 4.87. The molecule has 2 rings (SSSR count). The second-order valence-corrected chi connectivity index (χ2v) is 6.03. The number of nitrogens with one attached hydrogen (secondary N) is 1. The average molecular weight is 239 g/mol. The van der Waals surface area contributed by atoms with Gasteiger partial charge < -0.3 is 10.1 Å². The Morgan fingerprint density at radius 2 is 1.88 bits per heavy atom. The molecule has 17 heavy (non-hydrogen) atoms. The van der Waals surface area contributed by atoms with E-state index in [1.807, 2.05) is 0 Å². The van der Waals surface area contributed by atoms with Gasteiger partial charge in [0.25, 0.3) is 0 Å². The summed E-state index contributed by atoms with van der Waals surface area (Å²) in [4.78, 5) is 0. The van der Waals surface area contributed by atoms with E-state index in [-0.39, 0.29) is 0 Å². The first-order valence-corrected chi connectivity index (χ1v) is 7.55. The van der Waals surface area contributed by atoms with E-state index < -0.39 is 0 Å². The minimum Gasteiger partial charge on any atom is -0.378 e. The van der Waals surface area contributed by atoms with Gasteiger partial charge in [-0.25, -0.2) is 0 Å². The maximum atomic E-state index is 5.74.